The lowest BCUT2D eigenvalue weighted by molar-refractivity contribution is -0.384. The average molecular weight is 424 g/mol. The summed E-state index contributed by atoms with van der Waals surface area (Å²) < 4.78 is 5.42. The Morgan fingerprint density at radius 3 is 2.64 bits per heavy atom. The molecule has 0 bridgehead atoms. The first kappa shape index (κ1) is 17.1. The van der Waals surface area contributed by atoms with E-state index in [-0.39, 0.29) is 16.9 Å². The van der Waals surface area contributed by atoms with Crippen LogP contribution in [0, 0.1) is 10.1 Å². The molecule has 0 saturated carbocycles. The number of carbonyl (C=O) groups is 1. The third kappa shape index (κ3) is 3.54. The number of hydrogen-bond donors (Lipinski definition) is 1. The van der Waals surface area contributed by atoms with Gasteiger partial charge in [-0.3, -0.25) is 14.9 Å². The first-order chi connectivity index (χ1) is 11.8. The van der Waals surface area contributed by atoms with Crippen molar-refractivity contribution in [1.29, 1.82) is 0 Å². The number of benzene rings is 2. The maximum absolute atomic E-state index is 12.4. The van der Waals surface area contributed by atoms with E-state index in [0.717, 1.165) is 0 Å². The maximum atomic E-state index is 12.4. The highest BCUT2D eigenvalue weighted by Crippen LogP contribution is 2.27. The molecule has 126 valence electrons. The van der Waals surface area contributed by atoms with Gasteiger partial charge in [-0.25, -0.2) is 4.79 Å². The molecule has 0 radical (unpaired) electrons. The lowest BCUT2D eigenvalue weighted by Crippen LogP contribution is -2.20. The van der Waals surface area contributed by atoms with Gasteiger partial charge in [0.2, 0.25) is 0 Å². The number of amides is 1. The predicted molar refractivity (Wildman–Crippen MR) is 96.2 cm³/mol. The van der Waals surface area contributed by atoms with Crippen LogP contribution < -0.4 is 10.9 Å². The van der Waals surface area contributed by atoms with Crippen LogP contribution in [0.5, 0.6) is 0 Å². The molecule has 1 heterocycles. The highest BCUT2D eigenvalue weighted by molar-refractivity contribution is 9.10. The molecule has 3 aromatic rings. The molecule has 0 aliphatic rings. The summed E-state index contributed by atoms with van der Waals surface area (Å²) in [5, 5.41) is 14.2. The lowest BCUT2D eigenvalue weighted by atomic mass is 10.1. The molecule has 1 aromatic heterocycles. The van der Waals surface area contributed by atoms with Crippen molar-refractivity contribution >= 4 is 55.8 Å². The second kappa shape index (κ2) is 6.66. The maximum Gasteiger partial charge on any atom is 0.349 e. The fourth-order valence-corrected chi connectivity index (χ4v) is 2.81. The van der Waals surface area contributed by atoms with Gasteiger partial charge in [-0.15, -0.1) is 0 Å². The second-order valence-electron chi connectivity index (χ2n) is 5.01. The van der Waals surface area contributed by atoms with Gasteiger partial charge in [0.1, 0.15) is 11.1 Å². The number of nitro benzene ring substituents is 1. The molecular formula is C16H8BrClN2O5. The van der Waals surface area contributed by atoms with Gasteiger partial charge < -0.3 is 9.73 Å². The van der Waals surface area contributed by atoms with Crippen LogP contribution in [0.1, 0.15) is 10.4 Å². The predicted octanol–water partition coefficient (Wildman–Crippen LogP) is 4.37. The van der Waals surface area contributed by atoms with Crippen molar-refractivity contribution < 1.29 is 14.1 Å². The molecule has 25 heavy (non-hydrogen) atoms. The minimum absolute atomic E-state index is 0.135. The third-order valence-electron chi connectivity index (χ3n) is 3.35. The molecule has 0 aliphatic carbocycles. The Bertz CT molecular complexity index is 1080. The Hall–Kier alpha value is -2.71. The molecule has 7 nitrogen and oxygen atoms in total. The summed E-state index contributed by atoms with van der Waals surface area (Å²) >= 11 is 9.05. The van der Waals surface area contributed by atoms with Gasteiger partial charge >= 0.3 is 5.63 Å². The van der Waals surface area contributed by atoms with Crippen molar-refractivity contribution in [3.05, 3.63) is 78.1 Å². The van der Waals surface area contributed by atoms with Gasteiger partial charge in [-0.1, -0.05) is 11.6 Å². The van der Waals surface area contributed by atoms with Gasteiger partial charge in [0.15, 0.2) is 0 Å². The Kier molecular flexibility index (Phi) is 4.56. The van der Waals surface area contributed by atoms with Gasteiger partial charge in [0.05, 0.1) is 10.6 Å². The fraction of sp³-hybridized carbons (Fsp3) is 0. The first-order valence-electron chi connectivity index (χ1n) is 6.84. The molecule has 0 aliphatic heterocycles. The standard InChI is InChI=1S/C16H8BrClN2O5/c17-12-7-10(20(23)24)2-3-13(12)19-15(21)11-6-8-5-9(18)1-4-14(8)25-16(11)22/h1-7H,(H,19,21). The van der Waals surface area contributed by atoms with Crippen LogP contribution >= 0.6 is 27.5 Å². The zero-order valence-corrected chi connectivity index (χ0v) is 14.6. The third-order valence-corrected chi connectivity index (χ3v) is 4.24. The summed E-state index contributed by atoms with van der Waals surface area (Å²) in [4.78, 5) is 34.6. The highest BCUT2D eigenvalue weighted by Gasteiger charge is 2.16. The van der Waals surface area contributed by atoms with E-state index < -0.39 is 16.5 Å². The van der Waals surface area contributed by atoms with Gasteiger partial charge in [0, 0.05) is 27.0 Å². The molecule has 3 rings (SSSR count). The van der Waals surface area contributed by atoms with Crippen LogP contribution in [-0.4, -0.2) is 10.8 Å². The molecule has 0 atom stereocenters. The summed E-state index contributed by atoms with van der Waals surface area (Å²) in [6, 6.07) is 9.90. The minimum Gasteiger partial charge on any atom is -0.422 e. The van der Waals surface area contributed by atoms with Gasteiger partial charge in [0.25, 0.3) is 11.6 Å². The number of rotatable bonds is 3. The number of nitrogens with one attached hydrogen (secondary N) is 1. The van der Waals surface area contributed by atoms with E-state index in [2.05, 4.69) is 21.2 Å². The summed E-state index contributed by atoms with van der Waals surface area (Å²) in [5.74, 6) is -0.704. The molecule has 0 saturated heterocycles. The molecule has 1 amide bonds. The van der Waals surface area contributed by atoms with Crippen molar-refractivity contribution in [2.45, 2.75) is 0 Å². The zero-order chi connectivity index (χ0) is 18.1. The van der Waals surface area contributed by atoms with E-state index in [1.807, 2.05) is 0 Å². The van der Waals surface area contributed by atoms with Crippen LogP contribution in [0.4, 0.5) is 11.4 Å². The van der Waals surface area contributed by atoms with E-state index in [0.29, 0.717) is 20.5 Å². The topological polar surface area (TPSA) is 102 Å². The van der Waals surface area contributed by atoms with E-state index in [1.165, 1.54) is 30.3 Å². The molecular weight excluding hydrogens is 416 g/mol. The lowest BCUT2D eigenvalue weighted by Gasteiger charge is -2.07. The van der Waals surface area contributed by atoms with Crippen molar-refractivity contribution in [3.8, 4) is 0 Å². The van der Waals surface area contributed by atoms with E-state index in [4.69, 9.17) is 16.0 Å². The molecule has 1 N–H and O–H groups in total. The number of halogens is 2. The Balaban J connectivity index is 1.96. The van der Waals surface area contributed by atoms with Crippen molar-refractivity contribution in [3.63, 3.8) is 0 Å². The smallest absolute Gasteiger partial charge is 0.349 e. The number of nitrogens with zero attached hydrogens (tertiary/aromatic N) is 1. The fourth-order valence-electron chi connectivity index (χ4n) is 2.16. The SMILES string of the molecule is O=C(Nc1ccc([N+](=O)[O-])cc1Br)c1cc2cc(Cl)ccc2oc1=O. The van der Waals surface area contributed by atoms with Crippen molar-refractivity contribution in [2.24, 2.45) is 0 Å². The van der Waals surface area contributed by atoms with Gasteiger partial charge in [-0.2, -0.15) is 0 Å². The normalized spacial score (nSPS) is 10.6. The number of non-ortho nitro benzene ring substituents is 1. The number of anilines is 1. The molecule has 0 spiro atoms. The van der Waals surface area contributed by atoms with E-state index in [9.17, 15) is 19.7 Å². The largest absolute Gasteiger partial charge is 0.422 e. The number of fused-ring (bicyclic) bond motifs is 1. The summed E-state index contributed by atoms with van der Waals surface area (Å²) in [7, 11) is 0. The van der Waals surface area contributed by atoms with Crippen molar-refractivity contribution in [1.82, 2.24) is 0 Å². The van der Waals surface area contributed by atoms with Crippen LogP contribution in [0.15, 0.2) is 56.1 Å². The first-order valence-corrected chi connectivity index (χ1v) is 8.01. The molecule has 9 heteroatoms. The number of nitro groups is 1. The molecule has 0 fully saturated rings. The van der Waals surface area contributed by atoms with E-state index in [1.54, 1.807) is 12.1 Å². The average Bonchev–Trinajstić information content (AvgIpc) is 2.56. The zero-order valence-electron chi connectivity index (χ0n) is 12.3. The summed E-state index contributed by atoms with van der Waals surface area (Å²) in [6.45, 7) is 0. The summed E-state index contributed by atoms with van der Waals surface area (Å²) in [6.07, 6.45) is 0. The van der Waals surface area contributed by atoms with E-state index >= 15 is 0 Å². The highest BCUT2D eigenvalue weighted by atomic mass is 79.9. The second-order valence-corrected chi connectivity index (χ2v) is 6.30. The Labute approximate surface area is 153 Å². The number of hydrogen-bond acceptors (Lipinski definition) is 5. The Morgan fingerprint density at radius 2 is 1.96 bits per heavy atom. The van der Waals surface area contributed by atoms with Crippen molar-refractivity contribution in [2.75, 3.05) is 5.32 Å². The van der Waals surface area contributed by atoms with Crippen LogP contribution in [-0.2, 0) is 0 Å². The van der Waals surface area contributed by atoms with Crippen LogP contribution in [0.25, 0.3) is 11.0 Å². The van der Waals surface area contributed by atoms with Crippen LogP contribution in [0.3, 0.4) is 0 Å². The molecule has 2 aromatic carbocycles. The Morgan fingerprint density at radius 1 is 1.20 bits per heavy atom. The van der Waals surface area contributed by atoms with Crippen LogP contribution in [0.2, 0.25) is 5.02 Å². The molecule has 0 unspecified atom stereocenters. The quantitative estimate of drug-likeness (QED) is 0.383. The van der Waals surface area contributed by atoms with Gasteiger partial charge in [-0.05, 0) is 46.3 Å². The monoisotopic (exact) mass is 422 g/mol. The summed E-state index contributed by atoms with van der Waals surface area (Å²) in [5.41, 5.74) is -0.557. The number of carbonyl (C=O) groups excluding carboxylic acids is 1. The minimum atomic E-state index is -0.801.